The Bertz CT molecular complexity index is 656. The van der Waals surface area contributed by atoms with Crippen molar-refractivity contribution >= 4 is 18.3 Å². The molecule has 0 atom stereocenters. The molecule has 1 aromatic carbocycles. The highest BCUT2D eigenvalue weighted by Crippen LogP contribution is 2.23. The van der Waals surface area contributed by atoms with Crippen molar-refractivity contribution in [1.29, 1.82) is 0 Å². The van der Waals surface area contributed by atoms with Crippen LogP contribution in [0.25, 0.3) is 0 Å². The average molecular weight is 363 g/mol. The van der Waals surface area contributed by atoms with Crippen molar-refractivity contribution in [3.8, 4) is 0 Å². The third-order valence-corrected chi connectivity index (χ3v) is 4.74. The van der Waals surface area contributed by atoms with Gasteiger partial charge in [-0.15, -0.1) is 12.4 Å². The standard InChI is InChI=1S/C20H26N2O2.ClH/c1-20(2)16-21(12-6-10-17-8-4-3-5-9-17)13-14-22(20)19(23)18-11-7-15-24-18;/h3-5,7-9,11,15H,6,10,12-14,16H2,1-2H3;1H. The minimum atomic E-state index is -0.186. The molecule has 1 aliphatic heterocycles. The molecule has 1 aromatic heterocycles. The molecule has 0 N–H and O–H groups in total. The Balaban J connectivity index is 0.00000225. The topological polar surface area (TPSA) is 36.7 Å². The molecule has 4 nitrogen and oxygen atoms in total. The first-order valence-electron chi connectivity index (χ1n) is 8.68. The molecule has 1 fully saturated rings. The first-order chi connectivity index (χ1) is 11.6. The lowest BCUT2D eigenvalue weighted by atomic mass is 9.97. The van der Waals surface area contributed by atoms with E-state index in [1.54, 1.807) is 18.4 Å². The normalized spacial score (nSPS) is 17.1. The van der Waals surface area contributed by atoms with Crippen LogP contribution in [0, 0.1) is 0 Å². The maximum atomic E-state index is 12.6. The maximum Gasteiger partial charge on any atom is 0.290 e. The molecule has 0 aliphatic carbocycles. The van der Waals surface area contributed by atoms with Gasteiger partial charge in [0.2, 0.25) is 0 Å². The number of carbonyl (C=O) groups excluding carboxylic acids is 1. The van der Waals surface area contributed by atoms with Crippen molar-refractivity contribution in [1.82, 2.24) is 9.80 Å². The Morgan fingerprint density at radius 1 is 1.12 bits per heavy atom. The van der Waals surface area contributed by atoms with E-state index in [2.05, 4.69) is 49.1 Å². The van der Waals surface area contributed by atoms with Crippen molar-refractivity contribution in [2.75, 3.05) is 26.2 Å². The molecule has 136 valence electrons. The van der Waals surface area contributed by atoms with Crippen LogP contribution in [0.3, 0.4) is 0 Å². The van der Waals surface area contributed by atoms with Gasteiger partial charge in [0, 0.05) is 19.6 Å². The predicted octanol–water partition coefficient (Wildman–Crippen LogP) is 3.87. The molecule has 25 heavy (non-hydrogen) atoms. The fraction of sp³-hybridized carbons (Fsp3) is 0.450. The molecule has 0 spiro atoms. The van der Waals surface area contributed by atoms with Gasteiger partial charge in [0.05, 0.1) is 11.8 Å². The minimum absolute atomic E-state index is 0. The Morgan fingerprint density at radius 3 is 2.52 bits per heavy atom. The van der Waals surface area contributed by atoms with Crippen LogP contribution in [-0.2, 0) is 6.42 Å². The van der Waals surface area contributed by atoms with Gasteiger partial charge in [0.15, 0.2) is 5.76 Å². The second kappa shape index (κ2) is 8.54. The van der Waals surface area contributed by atoms with Crippen molar-refractivity contribution < 1.29 is 9.21 Å². The number of furan rings is 1. The average Bonchev–Trinajstić information content (AvgIpc) is 3.09. The fourth-order valence-corrected chi connectivity index (χ4v) is 3.51. The molecule has 0 bridgehead atoms. The summed E-state index contributed by atoms with van der Waals surface area (Å²) >= 11 is 0. The zero-order valence-corrected chi connectivity index (χ0v) is 15.8. The van der Waals surface area contributed by atoms with Crippen LogP contribution in [0.1, 0.15) is 36.4 Å². The highest BCUT2D eigenvalue weighted by atomic mass is 35.5. The number of hydrogen-bond acceptors (Lipinski definition) is 3. The number of benzene rings is 1. The minimum Gasteiger partial charge on any atom is -0.459 e. The number of halogens is 1. The summed E-state index contributed by atoms with van der Waals surface area (Å²) in [5.41, 5.74) is 1.21. The van der Waals surface area contributed by atoms with Gasteiger partial charge in [-0.3, -0.25) is 9.69 Å². The highest BCUT2D eigenvalue weighted by Gasteiger charge is 2.37. The van der Waals surface area contributed by atoms with Crippen LogP contribution in [0.5, 0.6) is 0 Å². The van der Waals surface area contributed by atoms with Crippen LogP contribution < -0.4 is 0 Å². The number of aryl methyl sites for hydroxylation is 1. The zero-order valence-electron chi connectivity index (χ0n) is 15.0. The van der Waals surface area contributed by atoms with Crippen molar-refractivity contribution in [2.24, 2.45) is 0 Å². The summed E-state index contributed by atoms with van der Waals surface area (Å²) in [5.74, 6) is 0.425. The molecule has 1 aliphatic rings. The Labute approximate surface area is 156 Å². The summed E-state index contributed by atoms with van der Waals surface area (Å²) in [6.45, 7) is 7.91. The summed E-state index contributed by atoms with van der Waals surface area (Å²) in [4.78, 5) is 17.0. The third kappa shape index (κ3) is 4.86. The first-order valence-corrected chi connectivity index (χ1v) is 8.68. The number of nitrogens with zero attached hydrogens (tertiary/aromatic N) is 2. The number of rotatable bonds is 5. The van der Waals surface area contributed by atoms with Crippen LogP contribution >= 0.6 is 12.4 Å². The maximum absolute atomic E-state index is 12.6. The van der Waals surface area contributed by atoms with E-state index in [1.807, 2.05) is 4.90 Å². The van der Waals surface area contributed by atoms with E-state index in [-0.39, 0.29) is 23.9 Å². The van der Waals surface area contributed by atoms with Crippen LogP contribution in [-0.4, -0.2) is 47.4 Å². The summed E-state index contributed by atoms with van der Waals surface area (Å²) in [6, 6.07) is 14.1. The van der Waals surface area contributed by atoms with Gasteiger partial charge in [-0.1, -0.05) is 30.3 Å². The van der Waals surface area contributed by atoms with Gasteiger partial charge in [-0.05, 0) is 50.9 Å². The third-order valence-electron chi connectivity index (χ3n) is 4.74. The van der Waals surface area contributed by atoms with Crippen LogP contribution in [0.15, 0.2) is 53.1 Å². The second-order valence-corrected chi connectivity index (χ2v) is 7.11. The van der Waals surface area contributed by atoms with E-state index in [0.717, 1.165) is 39.0 Å². The molecule has 3 rings (SSSR count). The Morgan fingerprint density at radius 2 is 1.88 bits per heavy atom. The molecule has 2 aromatic rings. The van der Waals surface area contributed by atoms with E-state index < -0.39 is 0 Å². The fourth-order valence-electron chi connectivity index (χ4n) is 3.51. The lowest BCUT2D eigenvalue weighted by Crippen LogP contribution is -2.61. The molecule has 0 saturated carbocycles. The first kappa shape index (κ1) is 19.5. The summed E-state index contributed by atoms with van der Waals surface area (Å²) in [6.07, 6.45) is 3.80. The predicted molar refractivity (Wildman–Crippen MR) is 102 cm³/mol. The van der Waals surface area contributed by atoms with Gasteiger partial charge < -0.3 is 9.32 Å². The molecular weight excluding hydrogens is 336 g/mol. The largest absolute Gasteiger partial charge is 0.459 e. The number of amides is 1. The van der Waals surface area contributed by atoms with E-state index in [9.17, 15) is 4.79 Å². The SMILES string of the molecule is CC1(C)CN(CCCc2ccccc2)CCN1C(=O)c1ccco1.Cl. The zero-order chi connectivity index (χ0) is 17.0. The number of carbonyl (C=O) groups is 1. The second-order valence-electron chi connectivity index (χ2n) is 7.11. The van der Waals surface area contributed by atoms with Crippen molar-refractivity contribution in [3.63, 3.8) is 0 Å². The van der Waals surface area contributed by atoms with Gasteiger partial charge >= 0.3 is 0 Å². The molecular formula is C20H27ClN2O2. The molecule has 5 heteroatoms. The molecule has 0 unspecified atom stereocenters. The monoisotopic (exact) mass is 362 g/mol. The summed E-state index contributed by atoms with van der Waals surface area (Å²) < 4.78 is 5.28. The van der Waals surface area contributed by atoms with Gasteiger partial charge in [-0.25, -0.2) is 0 Å². The van der Waals surface area contributed by atoms with E-state index in [4.69, 9.17) is 4.42 Å². The lowest BCUT2D eigenvalue weighted by Gasteiger charge is -2.47. The Kier molecular flexibility index (Phi) is 6.68. The van der Waals surface area contributed by atoms with Crippen LogP contribution in [0.2, 0.25) is 0 Å². The molecule has 1 amide bonds. The van der Waals surface area contributed by atoms with Crippen molar-refractivity contribution in [3.05, 3.63) is 60.1 Å². The van der Waals surface area contributed by atoms with Crippen LogP contribution in [0.4, 0.5) is 0 Å². The molecule has 2 heterocycles. The van der Waals surface area contributed by atoms with Crippen molar-refractivity contribution in [2.45, 2.75) is 32.2 Å². The lowest BCUT2D eigenvalue weighted by molar-refractivity contribution is 0.0155. The van der Waals surface area contributed by atoms with Gasteiger partial charge in [-0.2, -0.15) is 0 Å². The quantitative estimate of drug-likeness (QED) is 0.810. The number of hydrogen-bond donors (Lipinski definition) is 0. The highest BCUT2D eigenvalue weighted by molar-refractivity contribution is 5.92. The number of piperazine rings is 1. The summed E-state index contributed by atoms with van der Waals surface area (Å²) in [7, 11) is 0. The van der Waals surface area contributed by atoms with Gasteiger partial charge in [0.25, 0.3) is 5.91 Å². The van der Waals surface area contributed by atoms with E-state index in [0.29, 0.717) is 5.76 Å². The smallest absolute Gasteiger partial charge is 0.290 e. The van der Waals surface area contributed by atoms with E-state index in [1.165, 1.54) is 5.56 Å². The molecule has 0 radical (unpaired) electrons. The Hall–Kier alpha value is -1.78. The van der Waals surface area contributed by atoms with Gasteiger partial charge in [0.1, 0.15) is 0 Å². The summed E-state index contributed by atoms with van der Waals surface area (Å²) in [5, 5.41) is 0. The van der Waals surface area contributed by atoms with E-state index >= 15 is 0 Å². The molecule has 1 saturated heterocycles.